The summed E-state index contributed by atoms with van der Waals surface area (Å²) in [4.78, 5) is 12.8. The molecular formula is C19H21ClN2O3. The number of benzene rings is 2. The third-order valence-electron chi connectivity index (χ3n) is 4.94. The number of nitro benzene ring substituents is 1. The summed E-state index contributed by atoms with van der Waals surface area (Å²) in [7, 11) is 0. The quantitative estimate of drug-likeness (QED) is 0.643. The fourth-order valence-electron chi connectivity index (χ4n) is 3.45. The van der Waals surface area contributed by atoms with Crippen LogP contribution in [0.5, 0.6) is 0 Å². The van der Waals surface area contributed by atoms with E-state index in [4.69, 9.17) is 11.6 Å². The van der Waals surface area contributed by atoms with Crippen molar-refractivity contribution in [1.29, 1.82) is 0 Å². The van der Waals surface area contributed by atoms with Gasteiger partial charge in [0.25, 0.3) is 5.69 Å². The van der Waals surface area contributed by atoms with Crippen LogP contribution in [0.4, 0.5) is 11.4 Å². The molecule has 1 saturated heterocycles. The van der Waals surface area contributed by atoms with Crippen molar-refractivity contribution < 1.29 is 10.0 Å². The Morgan fingerprint density at radius 1 is 1.20 bits per heavy atom. The van der Waals surface area contributed by atoms with E-state index in [0.29, 0.717) is 10.6 Å². The van der Waals surface area contributed by atoms with Gasteiger partial charge in [0.1, 0.15) is 0 Å². The third-order valence-corrected chi connectivity index (χ3v) is 5.19. The third kappa shape index (κ3) is 3.94. The highest BCUT2D eigenvalue weighted by molar-refractivity contribution is 6.30. The number of rotatable bonds is 4. The topological polar surface area (TPSA) is 66.6 Å². The van der Waals surface area contributed by atoms with E-state index in [0.717, 1.165) is 37.2 Å². The van der Waals surface area contributed by atoms with Crippen molar-refractivity contribution >= 4 is 23.0 Å². The standard InChI is InChI=1S/C19H21ClN2O3/c1-13-12-17(6-7-18(13)22(24)25)21-10-8-15(9-11-21)19(23)14-2-4-16(20)5-3-14/h2-7,12,15,19,23H,8-11H2,1H3. The Kier molecular flexibility index (Phi) is 5.25. The maximum absolute atomic E-state index is 10.9. The molecule has 1 heterocycles. The predicted octanol–water partition coefficient (Wildman–Crippen LogP) is 4.51. The van der Waals surface area contributed by atoms with Crippen LogP contribution in [0.3, 0.4) is 0 Å². The molecule has 1 fully saturated rings. The molecule has 0 spiro atoms. The van der Waals surface area contributed by atoms with Crippen molar-refractivity contribution in [2.24, 2.45) is 5.92 Å². The molecule has 0 radical (unpaired) electrons. The Bertz CT molecular complexity index is 756. The first-order valence-corrected chi connectivity index (χ1v) is 8.77. The van der Waals surface area contributed by atoms with Gasteiger partial charge in [0.15, 0.2) is 0 Å². The maximum Gasteiger partial charge on any atom is 0.272 e. The van der Waals surface area contributed by atoms with Crippen molar-refractivity contribution in [3.8, 4) is 0 Å². The molecule has 1 aliphatic rings. The number of aliphatic hydroxyl groups is 1. The minimum atomic E-state index is -0.488. The smallest absolute Gasteiger partial charge is 0.272 e. The zero-order valence-corrected chi connectivity index (χ0v) is 14.8. The van der Waals surface area contributed by atoms with Crippen LogP contribution < -0.4 is 4.90 Å². The first-order chi connectivity index (χ1) is 12.0. The molecule has 132 valence electrons. The van der Waals surface area contributed by atoms with Gasteiger partial charge < -0.3 is 10.0 Å². The summed E-state index contributed by atoms with van der Waals surface area (Å²) in [5.41, 5.74) is 2.72. The first kappa shape index (κ1) is 17.7. The molecule has 25 heavy (non-hydrogen) atoms. The zero-order valence-electron chi connectivity index (χ0n) is 14.1. The average molecular weight is 361 g/mol. The highest BCUT2D eigenvalue weighted by Gasteiger charge is 2.26. The monoisotopic (exact) mass is 360 g/mol. The molecule has 2 aromatic carbocycles. The van der Waals surface area contributed by atoms with E-state index in [-0.39, 0.29) is 16.5 Å². The molecule has 1 atom stereocenters. The van der Waals surface area contributed by atoms with E-state index in [1.54, 1.807) is 31.2 Å². The summed E-state index contributed by atoms with van der Waals surface area (Å²) >= 11 is 5.90. The van der Waals surface area contributed by atoms with Gasteiger partial charge in [0.2, 0.25) is 0 Å². The highest BCUT2D eigenvalue weighted by atomic mass is 35.5. The number of anilines is 1. The lowest BCUT2D eigenvalue weighted by atomic mass is 9.87. The fraction of sp³-hybridized carbons (Fsp3) is 0.368. The van der Waals surface area contributed by atoms with Crippen molar-refractivity contribution in [3.63, 3.8) is 0 Å². The number of nitrogens with zero attached hydrogens (tertiary/aromatic N) is 2. The number of hydrogen-bond acceptors (Lipinski definition) is 4. The average Bonchev–Trinajstić information content (AvgIpc) is 2.61. The molecule has 3 rings (SSSR count). The Hall–Kier alpha value is -2.11. The first-order valence-electron chi connectivity index (χ1n) is 8.39. The molecule has 1 unspecified atom stereocenters. The zero-order chi connectivity index (χ0) is 18.0. The minimum absolute atomic E-state index is 0.150. The Labute approximate surface area is 152 Å². The molecule has 1 N–H and O–H groups in total. The van der Waals surface area contributed by atoms with Crippen LogP contribution in [0, 0.1) is 23.0 Å². The molecule has 2 aromatic rings. The van der Waals surface area contributed by atoms with Crippen LogP contribution in [0.1, 0.15) is 30.1 Å². The largest absolute Gasteiger partial charge is 0.388 e. The normalized spacial score (nSPS) is 16.7. The lowest BCUT2D eigenvalue weighted by Crippen LogP contribution is -2.35. The van der Waals surface area contributed by atoms with Crippen molar-refractivity contribution in [3.05, 3.63) is 68.7 Å². The Balaban J connectivity index is 1.64. The molecule has 0 aromatic heterocycles. The summed E-state index contributed by atoms with van der Waals surface area (Å²) < 4.78 is 0. The highest BCUT2D eigenvalue weighted by Crippen LogP contribution is 2.33. The van der Waals surface area contributed by atoms with E-state index in [2.05, 4.69) is 4.90 Å². The van der Waals surface area contributed by atoms with Gasteiger partial charge in [0.05, 0.1) is 11.0 Å². The van der Waals surface area contributed by atoms with Gasteiger partial charge in [-0.15, -0.1) is 0 Å². The van der Waals surface area contributed by atoms with E-state index in [9.17, 15) is 15.2 Å². The lowest BCUT2D eigenvalue weighted by molar-refractivity contribution is -0.385. The van der Waals surface area contributed by atoms with Gasteiger partial charge in [-0.25, -0.2) is 0 Å². The van der Waals surface area contributed by atoms with Gasteiger partial charge in [-0.2, -0.15) is 0 Å². The number of aryl methyl sites for hydroxylation is 1. The van der Waals surface area contributed by atoms with E-state index in [1.165, 1.54) is 0 Å². The number of nitro groups is 1. The minimum Gasteiger partial charge on any atom is -0.388 e. The van der Waals surface area contributed by atoms with Gasteiger partial charge in [0, 0.05) is 35.4 Å². The molecule has 5 nitrogen and oxygen atoms in total. The van der Waals surface area contributed by atoms with Crippen LogP contribution >= 0.6 is 11.6 Å². The predicted molar refractivity (Wildman–Crippen MR) is 99.2 cm³/mol. The maximum atomic E-state index is 10.9. The van der Waals surface area contributed by atoms with E-state index < -0.39 is 6.10 Å². The second-order valence-corrected chi connectivity index (χ2v) is 6.99. The Morgan fingerprint density at radius 2 is 1.84 bits per heavy atom. The van der Waals surface area contributed by atoms with Crippen LogP contribution in [-0.2, 0) is 0 Å². The summed E-state index contributed by atoms with van der Waals surface area (Å²) in [6.07, 6.45) is 1.26. The summed E-state index contributed by atoms with van der Waals surface area (Å²) in [5, 5.41) is 22.2. The molecule has 0 saturated carbocycles. The van der Waals surface area contributed by atoms with Gasteiger partial charge in [-0.3, -0.25) is 10.1 Å². The van der Waals surface area contributed by atoms with Crippen LogP contribution in [0.2, 0.25) is 5.02 Å². The summed E-state index contributed by atoms with van der Waals surface area (Å²) in [6.45, 7) is 3.41. The summed E-state index contributed by atoms with van der Waals surface area (Å²) in [6, 6.07) is 12.6. The Morgan fingerprint density at radius 3 is 2.40 bits per heavy atom. The fourth-order valence-corrected chi connectivity index (χ4v) is 3.57. The van der Waals surface area contributed by atoms with E-state index in [1.807, 2.05) is 18.2 Å². The SMILES string of the molecule is Cc1cc(N2CCC(C(O)c3ccc(Cl)cc3)CC2)ccc1[N+](=O)[O-]. The number of aliphatic hydroxyl groups excluding tert-OH is 1. The molecule has 0 aliphatic carbocycles. The van der Waals surface area contributed by atoms with Crippen molar-refractivity contribution in [1.82, 2.24) is 0 Å². The lowest BCUT2D eigenvalue weighted by Gasteiger charge is -2.35. The van der Waals surface area contributed by atoms with Crippen molar-refractivity contribution in [2.45, 2.75) is 25.9 Å². The molecular weight excluding hydrogens is 340 g/mol. The molecule has 0 amide bonds. The number of halogens is 1. The van der Waals surface area contributed by atoms with Crippen LogP contribution in [0.25, 0.3) is 0 Å². The van der Waals surface area contributed by atoms with Gasteiger partial charge in [-0.1, -0.05) is 23.7 Å². The molecule has 6 heteroatoms. The van der Waals surface area contributed by atoms with Crippen LogP contribution in [-0.4, -0.2) is 23.1 Å². The second kappa shape index (κ2) is 7.42. The van der Waals surface area contributed by atoms with Crippen molar-refractivity contribution in [2.75, 3.05) is 18.0 Å². The number of piperidine rings is 1. The van der Waals surface area contributed by atoms with Gasteiger partial charge >= 0.3 is 0 Å². The van der Waals surface area contributed by atoms with E-state index >= 15 is 0 Å². The van der Waals surface area contributed by atoms with Crippen LogP contribution in [0.15, 0.2) is 42.5 Å². The summed E-state index contributed by atoms with van der Waals surface area (Å²) in [5.74, 6) is 0.205. The number of hydrogen-bond donors (Lipinski definition) is 1. The molecule has 1 aliphatic heterocycles. The molecule has 0 bridgehead atoms. The van der Waals surface area contributed by atoms with Gasteiger partial charge in [-0.05, 0) is 55.5 Å². The second-order valence-electron chi connectivity index (χ2n) is 6.55.